The lowest BCUT2D eigenvalue weighted by molar-refractivity contribution is -0.134. The minimum atomic E-state index is -0.136. The molecule has 1 fully saturated rings. The van der Waals surface area contributed by atoms with Crippen molar-refractivity contribution in [2.45, 2.75) is 31.7 Å². The number of carbonyl (C=O) groups is 1. The Morgan fingerprint density at radius 1 is 1.24 bits per heavy atom. The number of pyridine rings is 1. The number of carbonyl (C=O) groups excluding carboxylic acids is 1. The van der Waals surface area contributed by atoms with E-state index in [9.17, 15) is 4.79 Å². The van der Waals surface area contributed by atoms with Gasteiger partial charge in [-0.2, -0.15) is 11.3 Å². The highest BCUT2D eigenvalue weighted by Crippen LogP contribution is 2.32. The first-order chi connectivity index (χ1) is 12.3. The third-order valence-electron chi connectivity index (χ3n) is 4.41. The number of rotatable bonds is 4. The van der Waals surface area contributed by atoms with E-state index in [1.165, 1.54) is 0 Å². The summed E-state index contributed by atoms with van der Waals surface area (Å²) in [7, 11) is 0. The molecule has 1 atom stereocenters. The molecule has 0 aromatic carbocycles. The maximum Gasteiger partial charge on any atom is 0.247 e. The molecule has 7 heteroatoms. The Bertz CT molecular complexity index is 832. The quantitative estimate of drug-likeness (QED) is 0.717. The zero-order valence-corrected chi connectivity index (χ0v) is 14.5. The van der Waals surface area contributed by atoms with Crippen molar-refractivity contribution in [2.24, 2.45) is 0 Å². The molecule has 4 heterocycles. The molecule has 0 spiro atoms. The van der Waals surface area contributed by atoms with E-state index in [2.05, 4.69) is 15.2 Å². The number of piperidine rings is 1. The summed E-state index contributed by atoms with van der Waals surface area (Å²) < 4.78 is 5.88. The lowest BCUT2D eigenvalue weighted by atomic mass is 10.0. The summed E-state index contributed by atoms with van der Waals surface area (Å²) in [5.41, 5.74) is 1.89. The molecule has 0 saturated carbocycles. The van der Waals surface area contributed by atoms with Gasteiger partial charge in [-0.3, -0.25) is 9.78 Å². The zero-order valence-electron chi connectivity index (χ0n) is 13.7. The van der Waals surface area contributed by atoms with Gasteiger partial charge in [-0.05, 0) is 53.8 Å². The molecule has 6 nitrogen and oxygen atoms in total. The van der Waals surface area contributed by atoms with Crippen LogP contribution in [0.5, 0.6) is 0 Å². The van der Waals surface area contributed by atoms with E-state index in [4.69, 9.17) is 4.42 Å². The fraction of sp³-hybridized carbons (Fsp3) is 0.333. The zero-order chi connectivity index (χ0) is 17.1. The van der Waals surface area contributed by atoms with E-state index in [1.54, 1.807) is 23.7 Å². The Morgan fingerprint density at radius 3 is 2.92 bits per heavy atom. The molecule has 4 rings (SSSR count). The minimum absolute atomic E-state index is 0.117. The van der Waals surface area contributed by atoms with Crippen molar-refractivity contribution < 1.29 is 9.21 Å². The van der Waals surface area contributed by atoms with Crippen molar-refractivity contribution in [1.29, 1.82) is 0 Å². The maximum atomic E-state index is 12.8. The van der Waals surface area contributed by atoms with Crippen molar-refractivity contribution in [1.82, 2.24) is 20.1 Å². The fourth-order valence-corrected chi connectivity index (χ4v) is 3.81. The molecular weight excluding hydrogens is 336 g/mol. The lowest BCUT2D eigenvalue weighted by Crippen LogP contribution is -2.39. The van der Waals surface area contributed by atoms with E-state index in [0.29, 0.717) is 18.2 Å². The van der Waals surface area contributed by atoms with Gasteiger partial charge in [0.05, 0.1) is 6.42 Å². The van der Waals surface area contributed by atoms with Gasteiger partial charge in [0.2, 0.25) is 17.7 Å². The third kappa shape index (κ3) is 3.46. The van der Waals surface area contributed by atoms with Gasteiger partial charge in [0.1, 0.15) is 6.04 Å². The maximum absolute atomic E-state index is 12.8. The second-order valence-corrected chi connectivity index (χ2v) is 6.87. The van der Waals surface area contributed by atoms with Gasteiger partial charge in [0, 0.05) is 24.5 Å². The molecule has 3 aromatic heterocycles. The molecule has 0 N–H and O–H groups in total. The predicted octanol–water partition coefficient (Wildman–Crippen LogP) is 3.49. The Labute approximate surface area is 149 Å². The van der Waals surface area contributed by atoms with Gasteiger partial charge in [-0.1, -0.05) is 0 Å². The number of likely N-dealkylation sites (tertiary alicyclic amines) is 1. The lowest BCUT2D eigenvalue weighted by Gasteiger charge is -2.33. The molecular formula is C18H18N4O2S. The molecule has 0 radical (unpaired) electrons. The standard InChI is InChI=1S/C18H18N4O2S/c23-16(11-13-6-10-25-12-13)22-9-2-1-3-15(22)18-21-20-17(24-18)14-4-7-19-8-5-14/h4-8,10,12,15H,1-3,9,11H2. The smallest absolute Gasteiger partial charge is 0.247 e. The first-order valence-corrected chi connectivity index (χ1v) is 9.30. The third-order valence-corrected chi connectivity index (χ3v) is 5.14. The summed E-state index contributed by atoms with van der Waals surface area (Å²) in [5.74, 6) is 1.10. The topological polar surface area (TPSA) is 72.1 Å². The van der Waals surface area contributed by atoms with Crippen molar-refractivity contribution in [3.8, 4) is 11.5 Å². The predicted molar refractivity (Wildman–Crippen MR) is 93.9 cm³/mol. The molecule has 25 heavy (non-hydrogen) atoms. The molecule has 1 aliphatic heterocycles. The molecule has 3 aromatic rings. The minimum Gasteiger partial charge on any atom is -0.418 e. The summed E-state index contributed by atoms with van der Waals surface area (Å²) in [6, 6.07) is 5.52. The van der Waals surface area contributed by atoms with Crippen LogP contribution in [0, 0.1) is 0 Å². The van der Waals surface area contributed by atoms with Crippen molar-refractivity contribution in [3.05, 3.63) is 52.8 Å². The van der Waals surface area contributed by atoms with E-state index in [-0.39, 0.29) is 11.9 Å². The molecule has 0 bridgehead atoms. The highest BCUT2D eigenvalue weighted by Gasteiger charge is 2.32. The number of hydrogen-bond donors (Lipinski definition) is 0. The number of thiophene rings is 1. The number of nitrogens with zero attached hydrogens (tertiary/aromatic N) is 4. The van der Waals surface area contributed by atoms with E-state index >= 15 is 0 Å². The van der Waals surface area contributed by atoms with Crippen molar-refractivity contribution >= 4 is 17.2 Å². The molecule has 128 valence electrons. The number of aromatic nitrogens is 3. The summed E-state index contributed by atoms with van der Waals surface area (Å²) >= 11 is 1.61. The average molecular weight is 354 g/mol. The Kier molecular flexibility index (Phi) is 4.56. The van der Waals surface area contributed by atoms with Crippen LogP contribution in [0.1, 0.15) is 36.8 Å². The van der Waals surface area contributed by atoms with Crippen LogP contribution in [0.15, 0.2) is 45.8 Å². The summed E-state index contributed by atoms with van der Waals surface area (Å²) in [6.07, 6.45) is 6.72. The summed E-state index contributed by atoms with van der Waals surface area (Å²) in [6.45, 7) is 0.737. The SMILES string of the molecule is O=C(Cc1ccsc1)N1CCCCC1c1nnc(-c2ccncc2)o1. The van der Waals surface area contributed by atoms with Crippen molar-refractivity contribution in [2.75, 3.05) is 6.54 Å². The van der Waals surface area contributed by atoms with Gasteiger partial charge in [-0.15, -0.1) is 10.2 Å². The van der Waals surface area contributed by atoms with Gasteiger partial charge in [-0.25, -0.2) is 0 Å². The first kappa shape index (κ1) is 16.0. The van der Waals surface area contributed by atoms with Gasteiger partial charge >= 0.3 is 0 Å². The summed E-state index contributed by atoms with van der Waals surface area (Å²) in [5, 5.41) is 12.4. The van der Waals surface area contributed by atoms with E-state index < -0.39 is 0 Å². The van der Waals surface area contributed by atoms with Gasteiger partial charge in [0.25, 0.3) is 0 Å². The molecule has 1 amide bonds. The first-order valence-electron chi connectivity index (χ1n) is 8.35. The van der Waals surface area contributed by atoms with Crippen LogP contribution < -0.4 is 0 Å². The Balaban J connectivity index is 1.55. The van der Waals surface area contributed by atoms with Crippen LogP contribution in [0.25, 0.3) is 11.5 Å². The highest BCUT2D eigenvalue weighted by atomic mass is 32.1. The Hall–Kier alpha value is -2.54. The molecule has 1 aliphatic rings. The summed E-state index contributed by atoms with van der Waals surface area (Å²) in [4.78, 5) is 18.6. The Morgan fingerprint density at radius 2 is 2.12 bits per heavy atom. The largest absolute Gasteiger partial charge is 0.418 e. The van der Waals surface area contributed by atoms with Crippen LogP contribution in [0.4, 0.5) is 0 Å². The van der Waals surface area contributed by atoms with E-state index in [1.807, 2.05) is 33.9 Å². The average Bonchev–Trinajstić information content (AvgIpc) is 3.34. The van der Waals surface area contributed by atoms with E-state index in [0.717, 1.165) is 36.9 Å². The number of hydrogen-bond acceptors (Lipinski definition) is 6. The second kappa shape index (κ2) is 7.14. The van der Waals surface area contributed by atoms with Gasteiger partial charge in [0.15, 0.2) is 0 Å². The molecule has 1 saturated heterocycles. The van der Waals surface area contributed by atoms with Crippen molar-refractivity contribution in [3.63, 3.8) is 0 Å². The van der Waals surface area contributed by atoms with Gasteiger partial charge < -0.3 is 9.32 Å². The van der Waals surface area contributed by atoms with Crippen LogP contribution in [0.2, 0.25) is 0 Å². The molecule has 1 unspecified atom stereocenters. The molecule has 0 aliphatic carbocycles. The van der Waals surface area contributed by atoms with Crippen LogP contribution in [-0.4, -0.2) is 32.5 Å². The highest BCUT2D eigenvalue weighted by molar-refractivity contribution is 7.08. The van der Waals surface area contributed by atoms with Crippen LogP contribution >= 0.6 is 11.3 Å². The van der Waals surface area contributed by atoms with Crippen LogP contribution in [0.3, 0.4) is 0 Å². The van der Waals surface area contributed by atoms with Crippen LogP contribution in [-0.2, 0) is 11.2 Å². The fourth-order valence-electron chi connectivity index (χ4n) is 3.14. The normalized spacial score (nSPS) is 17.6. The monoisotopic (exact) mass is 354 g/mol. The number of amides is 1. The second-order valence-electron chi connectivity index (χ2n) is 6.09.